The van der Waals surface area contributed by atoms with Crippen LogP contribution in [0.3, 0.4) is 0 Å². The van der Waals surface area contributed by atoms with Crippen molar-refractivity contribution < 1.29 is 0 Å². The third-order valence-corrected chi connectivity index (χ3v) is 6.26. The molecule has 0 atom stereocenters. The Morgan fingerprint density at radius 3 is 0.966 bits per heavy atom. The second-order valence-electron chi connectivity index (χ2n) is 9.46. The van der Waals surface area contributed by atoms with E-state index in [1.165, 1.54) is 84.5 Å². The minimum Gasteiger partial charge on any atom is -0.304 e. The zero-order valence-electron chi connectivity index (χ0n) is 19.7. The molecule has 3 saturated heterocycles. The van der Waals surface area contributed by atoms with E-state index >= 15 is 0 Å². The summed E-state index contributed by atoms with van der Waals surface area (Å²) in [5, 5.41) is 0. The van der Waals surface area contributed by atoms with Gasteiger partial charge in [-0.15, -0.1) is 0 Å². The first-order valence-electron chi connectivity index (χ1n) is 11.7. The van der Waals surface area contributed by atoms with Gasteiger partial charge in [-0.2, -0.15) is 0 Å². The lowest BCUT2D eigenvalue weighted by atomic mass is 10.1. The summed E-state index contributed by atoms with van der Waals surface area (Å²) in [5.74, 6) is 0. The average molecular weight is 415 g/mol. The van der Waals surface area contributed by atoms with Crippen molar-refractivity contribution in [1.29, 1.82) is 0 Å². The van der Waals surface area contributed by atoms with E-state index in [0.717, 1.165) is 18.1 Å². The van der Waals surface area contributed by atoms with Gasteiger partial charge in [-0.1, -0.05) is 21.3 Å². The summed E-state index contributed by atoms with van der Waals surface area (Å²) in [5.41, 5.74) is 0. The van der Waals surface area contributed by atoms with Gasteiger partial charge in [-0.05, 0) is 100 Å². The Hall–Kier alpha value is -0.160. The van der Waals surface area contributed by atoms with Crippen molar-refractivity contribution in [2.75, 3.05) is 59.4 Å². The molecule has 0 aliphatic carbocycles. The molecule has 3 fully saturated rings. The van der Waals surface area contributed by atoms with E-state index in [2.05, 4.69) is 68.2 Å². The molecule has 0 radical (unpaired) electrons. The van der Waals surface area contributed by atoms with Gasteiger partial charge in [-0.25, -0.2) is 0 Å². The predicted molar refractivity (Wildman–Crippen MR) is 134 cm³/mol. The van der Waals surface area contributed by atoms with Crippen molar-refractivity contribution in [3.05, 3.63) is 0 Å². The van der Waals surface area contributed by atoms with Gasteiger partial charge in [0, 0.05) is 44.3 Å². The Balaban J connectivity index is 0. The van der Waals surface area contributed by atoms with Crippen LogP contribution in [0.5, 0.6) is 0 Å². The fourth-order valence-corrected chi connectivity index (χ4v) is 4.03. The second kappa shape index (κ2) is 17.5. The summed E-state index contributed by atoms with van der Waals surface area (Å²) in [4.78, 5) is 10.0. The molecule has 0 aromatic heterocycles. The highest BCUT2D eigenvalue weighted by Crippen LogP contribution is 2.11. The summed E-state index contributed by atoms with van der Waals surface area (Å²) < 4.78 is 0. The lowest BCUT2D eigenvalue weighted by Crippen LogP contribution is -2.47. The van der Waals surface area contributed by atoms with Crippen molar-refractivity contribution in [3.63, 3.8) is 0 Å². The van der Waals surface area contributed by atoms with Crippen LogP contribution in [0.2, 0.25) is 0 Å². The first kappa shape index (κ1) is 31.0. The van der Waals surface area contributed by atoms with Gasteiger partial charge in [0.25, 0.3) is 0 Å². The van der Waals surface area contributed by atoms with Gasteiger partial charge < -0.3 is 14.7 Å². The quantitative estimate of drug-likeness (QED) is 0.622. The third-order valence-electron chi connectivity index (χ3n) is 6.26. The smallest absolute Gasteiger partial charge is 0.0112 e. The Morgan fingerprint density at radius 1 is 0.414 bits per heavy atom. The maximum atomic E-state index is 2.56. The molecule has 0 unspecified atom stereocenters. The highest BCUT2D eigenvalue weighted by atomic mass is 15.3. The van der Waals surface area contributed by atoms with Crippen LogP contribution in [0.25, 0.3) is 0 Å². The molecule has 0 spiro atoms. The zero-order valence-corrected chi connectivity index (χ0v) is 19.7. The molecule has 178 valence electrons. The fourth-order valence-electron chi connectivity index (χ4n) is 4.03. The van der Waals surface area contributed by atoms with Crippen LogP contribution < -0.4 is 0 Å². The van der Waals surface area contributed by atoms with E-state index in [1.54, 1.807) is 0 Å². The zero-order chi connectivity index (χ0) is 20.2. The minimum atomic E-state index is 0. The van der Waals surface area contributed by atoms with E-state index < -0.39 is 0 Å². The Labute approximate surface area is 186 Å². The number of piperazine rings is 1. The molecule has 4 nitrogen and oxygen atoms in total. The summed E-state index contributed by atoms with van der Waals surface area (Å²) in [6, 6.07) is 2.27. The summed E-state index contributed by atoms with van der Waals surface area (Å²) in [7, 11) is 2.19. The largest absolute Gasteiger partial charge is 0.304 e. The number of nitrogens with zero attached hydrogens (tertiary/aromatic N) is 4. The first-order valence-corrected chi connectivity index (χ1v) is 11.7. The van der Waals surface area contributed by atoms with Crippen LogP contribution >= 0.6 is 0 Å². The van der Waals surface area contributed by atoms with Crippen molar-refractivity contribution >= 4 is 0 Å². The standard InChI is InChI=1S/C8H18N2.C8H17N.C7H15N.2CH4/c1-8(2)10-6-4-9(3)5-7-10;1-8(2)9-6-4-3-5-7-9;1-7(2)8-5-3-4-6-8;;/h8H,4-7H2,1-3H3;8H,3-7H2,1-2H3;7H,3-6H2,1-2H3;2*1H4. The van der Waals surface area contributed by atoms with Crippen LogP contribution in [0, 0.1) is 0 Å². The van der Waals surface area contributed by atoms with Crippen LogP contribution in [-0.4, -0.2) is 97.1 Å². The number of rotatable bonds is 3. The van der Waals surface area contributed by atoms with Gasteiger partial charge in [0.2, 0.25) is 0 Å². The lowest BCUT2D eigenvalue weighted by molar-refractivity contribution is 0.126. The van der Waals surface area contributed by atoms with Crippen molar-refractivity contribution in [3.8, 4) is 0 Å². The molecule has 3 rings (SSSR count). The van der Waals surface area contributed by atoms with Gasteiger partial charge in [-0.3, -0.25) is 4.90 Å². The third kappa shape index (κ3) is 13.7. The molecule has 0 aromatic rings. The van der Waals surface area contributed by atoms with Crippen LogP contribution in [0.1, 0.15) is 88.5 Å². The Morgan fingerprint density at radius 2 is 0.690 bits per heavy atom. The molecular weight excluding hydrogens is 356 g/mol. The summed E-state index contributed by atoms with van der Waals surface area (Å²) >= 11 is 0. The van der Waals surface area contributed by atoms with Gasteiger partial charge in [0.05, 0.1) is 0 Å². The molecule has 0 N–H and O–H groups in total. The SMILES string of the molecule is C.C.CC(C)N1CCCC1.CC(C)N1CCCCC1.CC(C)N1CCN(C)CC1. The predicted octanol–water partition coefficient (Wildman–Crippen LogP) is 5.29. The number of likely N-dealkylation sites (N-methyl/N-ethyl adjacent to an activating group) is 1. The lowest BCUT2D eigenvalue weighted by Gasteiger charge is -2.34. The van der Waals surface area contributed by atoms with Crippen LogP contribution in [-0.2, 0) is 0 Å². The molecule has 3 aliphatic rings. The average Bonchev–Trinajstić information content (AvgIpc) is 3.19. The Bertz CT molecular complexity index is 337. The van der Waals surface area contributed by atoms with E-state index in [4.69, 9.17) is 0 Å². The molecule has 0 bridgehead atoms. The van der Waals surface area contributed by atoms with Crippen LogP contribution in [0.4, 0.5) is 0 Å². The molecule has 0 aromatic carbocycles. The van der Waals surface area contributed by atoms with E-state index in [-0.39, 0.29) is 14.9 Å². The van der Waals surface area contributed by atoms with E-state index in [0.29, 0.717) is 0 Å². The van der Waals surface area contributed by atoms with Crippen molar-refractivity contribution in [2.24, 2.45) is 0 Å². The molecule has 3 heterocycles. The van der Waals surface area contributed by atoms with Gasteiger partial charge >= 0.3 is 0 Å². The summed E-state index contributed by atoms with van der Waals surface area (Å²) in [6.07, 6.45) is 7.11. The number of hydrogen-bond acceptors (Lipinski definition) is 4. The number of piperidine rings is 1. The maximum Gasteiger partial charge on any atom is 0.0112 e. The highest BCUT2D eigenvalue weighted by Gasteiger charge is 2.15. The topological polar surface area (TPSA) is 13.0 Å². The van der Waals surface area contributed by atoms with E-state index in [9.17, 15) is 0 Å². The normalized spacial score (nSPS) is 21.7. The van der Waals surface area contributed by atoms with Crippen LogP contribution in [0.15, 0.2) is 0 Å². The minimum absolute atomic E-state index is 0. The summed E-state index contributed by atoms with van der Waals surface area (Å²) in [6.45, 7) is 23.9. The van der Waals surface area contributed by atoms with Gasteiger partial charge in [0.15, 0.2) is 0 Å². The first-order chi connectivity index (χ1) is 12.8. The van der Waals surface area contributed by atoms with Gasteiger partial charge in [0.1, 0.15) is 0 Å². The molecule has 3 aliphatic heterocycles. The molecule has 0 amide bonds. The molecule has 4 heteroatoms. The number of likely N-dealkylation sites (tertiary alicyclic amines) is 2. The molecular formula is C25H58N4. The monoisotopic (exact) mass is 414 g/mol. The van der Waals surface area contributed by atoms with Crippen molar-refractivity contribution in [2.45, 2.75) is 107 Å². The second-order valence-corrected chi connectivity index (χ2v) is 9.46. The fraction of sp³-hybridized carbons (Fsp3) is 1.00. The van der Waals surface area contributed by atoms with E-state index in [1.807, 2.05) is 0 Å². The van der Waals surface area contributed by atoms with Crippen molar-refractivity contribution in [1.82, 2.24) is 19.6 Å². The maximum absolute atomic E-state index is 2.56. The number of hydrogen-bond donors (Lipinski definition) is 0. The molecule has 0 saturated carbocycles. The highest BCUT2D eigenvalue weighted by molar-refractivity contribution is 4.71. The molecule has 29 heavy (non-hydrogen) atoms. The Kier molecular flexibility index (Phi) is 18.7.